The lowest BCUT2D eigenvalue weighted by Crippen LogP contribution is -2.36. The molecule has 1 aromatic rings. The third kappa shape index (κ3) is 3.96. The molecule has 0 heterocycles. The van der Waals surface area contributed by atoms with Gasteiger partial charge in [0.1, 0.15) is 11.9 Å². The molecule has 0 spiro atoms. The van der Waals surface area contributed by atoms with Crippen LogP contribution in [0.1, 0.15) is 11.6 Å². The summed E-state index contributed by atoms with van der Waals surface area (Å²) in [5, 5.41) is 3.08. The Kier molecular flexibility index (Phi) is 5.34. The number of methoxy groups -OCH3 is 1. The van der Waals surface area contributed by atoms with Crippen molar-refractivity contribution >= 4 is 17.5 Å². The quantitative estimate of drug-likeness (QED) is 0.757. The van der Waals surface area contributed by atoms with Crippen molar-refractivity contribution in [2.45, 2.75) is 6.04 Å². The van der Waals surface area contributed by atoms with Gasteiger partial charge in [-0.1, -0.05) is 17.7 Å². The number of nitrogens with two attached hydrogens (primary N) is 1. The Bertz CT molecular complexity index is 401. The number of nitrogens with one attached hydrogen (secondary N) is 1. The molecule has 0 saturated carbocycles. The molecule has 0 aliphatic rings. The Morgan fingerprint density at radius 1 is 1.65 bits per heavy atom. The molecule has 0 radical (unpaired) electrons. The smallest absolute Gasteiger partial charge is 0.239 e. The van der Waals surface area contributed by atoms with Gasteiger partial charge in [-0.05, 0) is 12.1 Å². The highest BCUT2D eigenvalue weighted by atomic mass is 35.5. The van der Waals surface area contributed by atoms with Crippen LogP contribution in [0.3, 0.4) is 0 Å². The zero-order chi connectivity index (χ0) is 12.8. The summed E-state index contributed by atoms with van der Waals surface area (Å²) in [6, 6.07) is 3.20. The monoisotopic (exact) mass is 260 g/mol. The summed E-state index contributed by atoms with van der Waals surface area (Å²) >= 11 is 5.63. The first-order valence-corrected chi connectivity index (χ1v) is 5.40. The predicted octanol–water partition coefficient (Wildman–Crippen LogP) is 1.24. The number of benzene rings is 1. The predicted molar refractivity (Wildman–Crippen MR) is 63.2 cm³/mol. The number of hydrogen-bond donors (Lipinski definition) is 2. The Labute approximate surface area is 104 Å². The number of primary amides is 1. The van der Waals surface area contributed by atoms with Gasteiger partial charge in [0.15, 0.2) is 0 Å². The SMILES string of the molecule is COCCNC(C(N)=O)c1ccc(Cl)cc1F. The topological polar surface area (TPSA) is 64.3 Å². The maximum absolute atomic E-state index is 13.6. The molecule has 0 aliphatic carbocycles. The van der Waals surface area contributed by atoms with Crippen LogP contribution >= 0.6 is 11.6 Å². The summed E-state index contributed by atoms with van der Waals surface area (Å²) in [5.74, 6) is -1.21. The molecule has 1 rings (SSSR count). The number of ether oxygens (including phenoxy) is 1. The molecule has 3 N–H and O–H groups in total. The fourth-order valence-corrected chi connectivity index (χ4v) is 1.56. The van der Waals surface area contributed by atoms with Crippen molar-refractivity contribution < 1.29 is 13.9 Å². The van der Waals surface area contributed by atoms with Crippen LogP contribution in [0.4, 0.5) is 4.39 Å². The van der Waals surface area contributed by atoms with E-state index in [4.69, 9.17) is 22.1 Å². The molecular formula is C11H14ClFN2O2. The lowest BCUT2D eigenvalue weighted by atomic mass is 10.1. The summed E-state index contributed by atoms with van der Waals surface area (Å²) in [5.41, 5.74) is 5.39. The van der Waals surface area contributed by atoms with Gasteiger partial charge in [0, 0.05) is 24.2 Å². The standard InChI is InChI=1S/C11H14ClFN2O2/c1-17-5-4-15-10(11(14)16)8-3-2-7(12)6-9(8)13/h2-3,6,10,15H,4-5H2,1H3,(H2,14,16). The van der Waals surface area contributed by atoms with E-state index in [2.05, 4.69) is 5.32 Å². The van der Waals surface area contributed by atoms with Gasteiger partial charge in [-0.15, -0.1) is 0 Å². The van der Waals surface area contributed by atoms with Gasteiger partial charge in [0.2, 0.25) is 5.91 Å². The number of halogens is 2. The lowest BCUT2D eigenvalue weighted by molar-refractivity contribution is -0.120. The Hall–Kier alpha value is -1.17. The fourth-order valence-electron chi connectivity index (χ4n) is 1.40. The highest BCUT2D eigenvalue weighted by Gasteiger charge is 2.20. The fraction of sp³-hybridized carbons (Fsp3) is 0.364. The Morgan fingerprint density at radius 2 is 2.35 bits per heavy atom. The van der Waals surface area contributed by atoms with Crippen LogP contribution in [-0.2, 0) is 9.53 Å². The van der Waals surface area contributed by atoms with Crippen molar-refractivity contribution in [2.24, 2.45) is 5.73 Å². The van der Waals surface area contributed by atoms with Crippen LogP contribution < -0.4 is 11.1 Å². The zero-order valence-corrected chi connectivity index (χ0v) is 10.1. The molecule has 94 valence electrons. The first kappa shape index (κ1) is 13.9. The molecule has 0 bridgehead atoms. The maximum atomic E-state index is 13.6. The van der Waals surface area contributed by atoms with Crippen molar-refractivity contribution in [1.82, 2.24) is 5.32 Å². The molecule has 0 saturated heterocycles. The minimum Gasteiger partial charge on any atom is -0.383 e. The number of amides is 1. The molecule has 4 nitrogen and oxygen atoms in total. The number of carbonyl (C=O) groups excluding carboxylic acids is 1. The summed E-state index contributed by atoms with van der Waals surface area (Å²) < 4.78 is 18.4. The zero-order valence-electron chi connectivity index (χ0n) is 9.37. The van der Waals surface area contributed by atoms with E-state index in [1.807, 2.05) is 0 Å². The lowest BCUT2D eigenvalue weighted by Gasteiger charge is -2.16. The van der Waals surface area contributed by atoms with Crippen LogP contribution in [0.2, 0.25) is 5.02 Å². The first-order chi connectivity index (χ1) is 8.06. The van der Waals surface area contributed by atoms with Gasteiger partial charge in [-0.3, -0.25) is 10.1 Å². The van der Waals surface area contributed by atoms with Gasteiger partial charge in [-0.2, -0.15) is 0 Å². The Morgan fingerprint density at radius 3 is 2.88 bits per heavy atom. The van der Waals surface area contributed by atoms with Crippen molar-refractivity contribution in [3.8, 4) is 0 Å². The van der Waals surface area contributed by atoms with Gasteiger partial charge in [-0.25, -0.2) is 4.39 Å². The van der Waals surface area contributed by atoms with Crippen LogP contribution in [0.15, 0.2) is 18.2 Å². The van der Waals surface area contributed by atoms with Crippen LogP contribution in [0.25, 0.3) is 0 Å². The van der Waals surface area contributed by atoms with E-state index >= 15 is 0 Å². The number of rotatable bonds is 6. The molecule has 1 atom stereocenters. The van der Waals surface area contributed by atoms with E-state index in [0.717, 1.165) is 6.07 Å². The average molecular weight is 261 g/mol. The summed E-state index contributed by atoms with van der Waals surface area (Å²) in [7, 11) is 1.53. The summed E-state index contributed by atoms with van der Waals surface area (Å²) in [6.45, 7) is 0.797. The molecule has 17 heavy (non-hydrogen) atoms. The van der Waals surface area contributed by atoms with Crippen molar-refractivity contribution in [3.63, 3.8) is 0 Å². The minimum atomic E-state index is -0.887. The van der Waals surface area contributed by atoms with E-state index in [0.29, 0.717) is 13.2 Å². The van der Waals surface area contributed by atoms with Crippen molar-refractivity contribution in [2.75, 3.05) is 20.3 Å². The number of hydrogen-bond acceptors (Lipinski definition) is 3. The Balaban J connectivity index is 2.86. The van der Waals surface area contributed by atoms with Crippen LogP contribution in [-0.4, -0.2) is 26.2 Å². The van der Waals surface area contributed by atoms with Crippen LogP contribution in [0, 0.1) is 5.82 Å². The molecule has 0 aliphatic heterocycles. The van der Waals surface area contributed by atoms with Crippen LogP contribution in [0.5, 0.6) is 0 Å². The van der Waals surface area contributed by atoms with E-state index in [-0.39, 0.29) is 10.6 Å². The van der Waals surface area contributed by atoms with E-state index < -0.39 is 17.8 Å². The van der Waals surface area contributed by atoms with E-state index in [1.165, 1.54) is 19.2 Å². The van der Waals surface area contributed by atoms with Gasteiger partial charge < -0.3 is 10.5 Å². The molecule has 6 heteroatoms. The molecule has 0 fully saturated rings. The average Bonchev–Trinajstić information content (AvgIpc) is 2.25. The highest BCUT2D eigenvalue weighted by molar-refractivity contribution is 6.30. The van der Waals surface area contributed by atoms with Gasteiger partial charge in [0.05, 0.1) is 6.61 Å². The third-order valence-corrected chi connectivity index (χ3v) is 2.45. The molecule has 1 amide bonds. The van der Waals surface area contributed by atoms with Gasteiger partial charge in [0.25, 0.3) is 0 Å². The van der Waals surface area contributed by atoms with E-state index in [9.17, 15) is 9.18 Å². The first-order valence-electron chi connectivity index (χ1n) is 5.03. The second kappa shape index (κ2) is 6.54. The summed E-state index contributed by atoms with van der Waals surface area (Å²) in [6.07, 6.45) is 0. The second-order valence-electron chi connectivity index (χ2n) is 3.45. The normalized spacial score (nSPS) is 12.4. The molecule has 1 aromatic carbocycles. The van der Waals surface area contributed by atoms with E-state index in [1.54, 1.807) is 0 Å². The van der Waals surface area contributed by atoms with Crippen molar-refractivity contribution in [1.29, 1.82) is 0 Å². The molecule has 0 aromatic heterocycles. The highest BCUT2D eigenvalue weighted by Crippen LogP contribution is 2.20. The number of carbonyl (C=O) groups is 1. The van der Waals surface area contributed by atoms with Crippen molar-refractivity contribution in [3.05, 3.63) is 34.6 Å². The van der Waals surface area contributed by atoms with Gasteiger partial charge >= 0.3 is 0 Å². The maximum Gasteiger partial charge on any atom is 0.239 e. The molecular weight excluding hydrogens is 247 g/mol. The second-order valence-corrected chi connectivity index (χ2v) is 3.88. The third-order valence-electron chi connectivity index (χ3n) is 2.21. The largest absolute Gasteiger partial charge is 0.383 e. The minimum absolute atomic E-state index is 0.179. The molecule has 1 unspecified atom stereocenters. The summed E-state index contributed by atoms with van der Waals surface area (Å²) in [4.78, 5) is 11.3.